The smallest absolute Gasteiger partial charge is 0.277 e. The zero-order valence-corrected chi connectivity index (χ0v) is 12.5. The number of ether oxygens (including phenoxy) is 1. The number of hydrazone groups is 1. The molecule has 0 fully saturated rings. The van der Waals surface area contributed by atoms with Crippen LogP contribution in [0.1, 0.15) is 18.1 Å². The molecule has 0 aliphatic heterocycles. The molecule has 5 heteroatoms. The van der Waals surface area contributed by atoms with Crippen LogP contribution in [0.25, 0.3) is 0 Å². The van der Waals surface area contributed by atoms with Crippen molar-refractivity contribution >= 4 is 11.6 Å². The third-order valence-corrected chi connectivity index (χ3v) is 3.00. The number of rotatable bonds is 5. The number of amides is 1. The van der Waals surface area contributed by atoms with Crippen molar-refractivity contribution in [1.29, 1.82) is 0 Å². The average molecular weight is 300 g/mol. The van der Waals surface area contributed by atoms with Crippen LogP contribution in [-0.4, -0.2) is 18.2 Å². The first-order valence-electron chi connectivity index (χ1n) is 6.83. The fraction of sp³-hybridized carbons (Fsp3) is 0.176. The predicted octanol–water partition coefficient (Wildman–Crippen LogP) is 3.05. The number of nitrogens with one attached hydrogen (secondary N) is 1. The summed E-state index contributed by atoms with van der Waals surface area (Å²) in [5.74, 6) is -0.304. The van der Waals surface area contributed by atoms with Crippen LogP contribution in [0.3, 0.4) is 0 Å². The Morgan fingerprint density at radius 1 is 1.14 bits per heavy atom. The topological polar surface area (TPSA) is 50.7 Å². The normalized spacial score (nSPS) is 11.1. The molecule has 0 unspecified atom stereocenters. The first kappa shape index (κ1) is 15.7. The lowest BCUT2D eigenvalue weighted by Gasteiger charge is -2.06. The minimum absolute atomic E-state index is 0.184. The van der Waals surface area contributed by atoms with Gasteiger partial charge in [-0.05, 0) is 43.7 Å². The van der Waals surface area contributed by atoms with E-state index in [1.165, 1.54) is 24.3 Å². The third kappa shape index (κ3) is 4.70. The Kier molecular flexibility index (Phi) is 5.25. The maximum absolute atomic E-state index is 12.7. The molecule has 22 heavy (non-hydrogen) atoms. The van der Waals surface area contributed by atoms with Crippen molar-refractivity contribution in [3.8, 4) is 5.75 Å². The molecular weight excluding hydrogens is 283 g/mol. The van der Waals surface area contributed by atoms with Gasteiger partial charge in [0.05, 0.1) is 5.71 Å². The Hall–Kier alpha value is -2.69. The van der Waals surface area contributed by atoms with Crippen LogP contribution in [0.15, 0.2) is 53.6 Å². The number of hydrogen-bond donors (Lipinski definition) is 1. The SMILES string of the molecule is C/C(=N\NC(=O)COc1ccc(F)cc1)c1ccc(C)cc1. The van der Waals surface area contributed by atoms with Crippen molar-refractivity contribution in [3.05, 3.63) is 65.5 Å². The number of carbonyl (C=O) groups excluding carboxylic acids is 1. The van der Waals surface area contributed by atoms with Gasteiger partial charge in [-0.15, -0.1) is 0 Å². The highest BCUT2D eigenvalue weighted by molar-refractivity contribution is 5.99. The summed E-state index contributed by atoms with van der Waals surface area (Å²) in [5, 5.41) is 4.03. The van der Waals surface area contributed by atoms with Crippen LogP contribution in [-0.2, 0) is 4.79 Å². The van der Waals surface area contributed by atoms with Gasteiger partial charge in [-0.25, -0.2) is 9.82 Å². The van der Waals surface area contributed by atoms with Gasteiger partial charge in [0.15, 0.2) is 6.61 Å². The molecule has 0 saturated heterocycles. The molecule has 0 aliphatic rings. The van der Waals surface area contributed by atoms with Crippen LogP contribution in [0, 0.1) is 12.7 Å². The van der Waals surface area contributed by atoms with E-state index in [4.69, 9.17) is 4.74 Å². The molecule has 114 valence electrons. The van der Waals surface area contributed by atoms with E-state index in [1.54, 1.807) is 0 Å². The number of halogens is 1. The van der Waals surface area contributed by atoms with E-state index in [2.05, 4.69) is 10.5 Å². The Bertz CT molecular complexity index is 664. The van der Waals surface area contributed by atoms with Gasteiger partial charge in [0, 0.05) is 0 Å². The molecule has 2 aromatic carbocycles. The summed E-state index contributed by atoms with van der Waals surface area (Å²) >= 11 is 0. The van der Waals surface area contributed by atoms with Crippen molar-refractivity contribution < 1.29 is 13.9 Å². The fourth-order valence-electron chi connectivity index (χ4n) is 1.72. The molecule has 2 rings (SSSR count). The van der Waals surface area contributed by atoms with Gasteiger partial charge < -0.3 is 4.74 Å². The van der Waals surface area contributed by atoms with Crippen molar-refractivity contribution in [3.63, 3.8) is 0 Å². The van der Waals surface area contributed by atoms with E-state index in [1.807, 2.05) is 38.1 Å². The van der Waals surface area contributed by atoms with Gasteiger partial charge in [0.1, 0.15) is 11.6 Å². The maximum atomic E-state index is 12.7. The quantitative estimate of drug-likeness (QED) is 0.681. The first-order valence-corrected chi connectivity index (χ1v) is 6.83. The minimum Gasteiger partial charge on any atom is -0.484 e. The number of benzene rings is 2. The largest absolute Gasteiger partial charge is 0.484 e. The van der Waals surface area contributed by atoms with E-state index in [-0.39, 0.29) is 18.3 Å². The lowest BCUT2D eigenvalue weighted by atomic mass is 10.1. The summed E-state index contributed by atoms with van der Waals surface area (Å²) in [6, 6.07) is 13.3. The van der Waals surface area contributed by atoms with Crippen LogP contribution < -0.4 is 10.2 Å². The summed E-state index contributed by atoms with van der Waals surface area (Å²) < 4.78 is 18.0. The molecule has 0 heterocycles. The van der Waals surface area contributed by atoms with E-state index >= 15 is 0 Å². The molecule has 0 spiro atoms. The van der Waals surface area contributed by atoms with E-state index < -0.39 is 0 Å². The zero-order chi connectivity index (χ0) is 15.9. The second-order valence-corrected chi connectivity index (χ2v) is 4.84. The average Bonchev–Trinajstić information content (AvgIpc) is 2.52. The van der Waals surface area contributed by atoms with Crippen molar-refractivity contribution in [2.45, 2.75) is 13.8 Å². The third-order valence-electron chi connectivity index (χ3n) is 3.00. The lowest BCUT2D eigenvalue weighted by Crippen LogP contribution is -2.25. The standard InChI is InChI=1S/C17H17FN2O2/c1-12-3-5-14(6-4-12)13(2)19-20-17(21)11-22-16-9-7-15(18)8-10-16/h3-10H,11H2,1-2H3,(H,20,21)/b19-13+. The minimum atomic E-state index is -0.379. The van der Waals surface area contributed by atoms with Crippen molar-refractivity contribution in [1.82, 2.24) is 5.43 Å². The van der Waals surface area contributed by atoms with Crippen LogP contribution >= 0.6 is 0 Å². The van der Waals surface area contributed by atoms with E-state index in [0.29, 0.717) is 11.5 Å². The Labute approximate surface area is 128 Å². The highest BCUT2D eigenvalue weighted by atomic mass is 19.1. The Balaban J connectivity index is 1.85. The Morgan fingerprint density at radius 3 is 2.41 bits per heavy atom. The summed E-state index contributed by atoms with van der Waals surface area (Å²) in [6.45, 7) is 3.63. The highest BCUT2D eigenvalue weighted by Gasteiger charge is 2.03. The molecule has 4 nitrogen and oxygen atoms in total. The van der Waals surface area contributed by atoms with Crippen molar-refractivity contribution in [2.24, 2.45) is 5.10 Å². The lowest BCUT2D eigenvalue weighted by molar-refractivity contribution is -0.123. The van der Waals surface area contributed by atoms with Gasteiger partial charge in [0.25, 0.3) is 5.91 Å². The van der Waals surface area contributed by atoms with Gasteiger partial charge >= 0.3 is 0 Å². The maximum Gasteiger partial charge on any atom is 0.277 e. The first-order chi connectivity index (χ1) is 10.5. The molecule has 0 radical (unpaired) electrons. The van der Waals surface area contributed by atoms with Gasteiger partial charge in [-0.2, -0.15) is 5.10 Å². The summed E-state index contributed by atoms with van der Waals surface area (Å²) in [5.41, 5.74) is 5.23. The van der Waals surface area contributed by atoms with Crippen LogP contribution in [0.4, 0.5) is 4.39 Å². The molecule has 0 atom stereocenters. The number of aryl methyl sites for hydroxylation is 1. The second kappa shape index (κ2) is 7.36. The number of hydrogen-bond acceptors (Lipinski definition) is 3. The van der Waals surface area contributed by atoms with E-state index in [0.717, 1.165) is 11.1 Å². The van der Waals surface area contributed by atoms with Crippen LogP contribution in [0.5, 0.6) is 5.75 Å². The van der Waals surface area contributed by atoms with E-state index in [9.17, 15) is 9.18 Å². The number of carbonyl (C=O) groups is 1. The van der Waals surface area contributed by atoms with Gasteiger partial charge in [-0.3, -0.25) is 4.79 Å². The predicted molar refractivity (Wildman–Crippen MR) is 83.4 cm³/mol. The van der Waals surface area contributed by atoms with Crippen LogP contribution in [0.2, 0.25) is 0 Å². The molecule has 2 aromatic rings. The molecule has 1 N–H and O–H groups in total. The molecule has 0 aliphatic carbocycles. The van der Waals surface area contributed by atoms with Gasteiger partial charge in [-0.1, -0.05) is 29.8 Å². The molecule has 0 saturated carbocycles. The van der Waals surface area contributed by atoms with Gasteiger partial charge in [0.2, 0.25) is 0 Å². The number of nitrogens with zero attached hydrogens (tertiary/aromatic N) is 1. The Morgan fingerprint density at radius 2 is 1.77 bits per heavy atom. The molecule has 1 amide bonds. The summed E-state index contributed by atoms with van der Waals surface area (Å²) in [7, 11) is 0. The highest BCUT2D eigenvalue weighted by Crippen LogP contribution is 2.10. The zero-order valence-electron chi connectivity index (χ0n) is 12.5. The molecular formula is C17H17FN2O2. The summed E-state index contributed by atoms with van der Waals surface area (Å²) in [6.07, 6.45) is 0. The summed E-state index contributed by atoms with van der Waals surface area (Å²) in [4.78, 5) is 11.7. The fourth-order valence-corrected chi connectivity index (χ4v) is 1.72. The monoisotopic (exact) mass is 300 g/mol. The van der Waals surface area contributed by atoms with Crippen molar-refractivity contribution in [2.75, 3.05) is 6.61 Å². The molecule has 0 aromatic heterocycles. The second-order valence-electron chi connectivity index (χ2n) is 4.84. The molecule has 0 bridgehead atoms.